The van der Waals surface area contributed by atoms with E-state index in [9.17, 15) is 4.79 Å². The molecule has 5 heteroatoms. The van der Waals surface area contributed by atoms with Gasteiger partial charge in [0, 0.05) is 38.3 Å². The minimum atomic E-state index is -0.0131. The van der Waals surface area contributed by atoms with Crippen LogP contribution in [0.5, 0.6) is 5.75 Å². The lowest BCUT2D eigenvalue weighted by atomic mass is 10.1. The van der Waals surface area contributed by atoms with E-state index in [2.05, 4.69) is 15.5 Å². The summed E-state index contributed by atoms with van der Waals surface area (Å²) in [6.07, 6.45) is 0.981. The largest absolute Gasteiger partial charge is 0.489 e. The van der Waals surface area contributed by atoms with Crippen molar-refractivity contribution in [1.29, 1.82) is 0 Å². The fourth-order valence-corrected chi connectivity index (χ4v) is 2.98. The summed E-state index contributed by atoms with van der Waals surface area (Å²) in [7, 11) is 0. The second kappa shape index (κ2) is 9.94. The number of carbonyl (C=O) groups is 1. The Morgan fingerprint density at radius 2 is 1.77 bits per heavy atom. The third-order valence-electron chi connectivity index (χ3n) is 4.51. The van der Waals surface area contributed by atoms with Crippen molar-refractivity contribution in [3.8, 4) is 5.75 Å². The minimum absolute atomic E-state index is 0.0131. The lowest BCUT2D eigenvalue weighted by molar-refractivity contribution is 0.0951. The minimum Gasteiger partial charge on any atom is -0.489 e. The van der Waals surface area contributed by atoms with Crippen LogP contribution in [0, 0.1) is 0 Å². The first-order valence-corrected chi connectivity index (χ1v) is 9.29. The van der Waals surface area contributed by atoms with Gasteiger partial charge in [0.25, 0.3) is 5.91 Å². The summed E-state index contributed by atoms with van der Waals surface area (Å²) in [6.45, 7) is 6.57. The molecule has 1 aliphatic heterocycles. The van der Waals surface area contributed by atoms with Crippen molar-refractivity contribution < 1.29 is 9.53 Å². The molecule has 2 N–H and O–H groups in total. The van der Waals surface area contributed by atoms with E-state index in [4.69, 9.17) is 4.74 Å². The highest BCUT2D eigenvalue weighted by Crippen LogP contribution is 2.12. The van der Waals surface area contributed by atoms with Crippen LogP contribution in [0.2, 0.25) is 0 Å². The van der Waals surface area contributed by atoms with Gasteiger partial charge in [0.1, 0.15) is 12.4 Å². The second-order valence-electron chi connectivity index (χ2n) is 6.50. The first-order chi connectivity index (χ1) is 12.8. The molecule has 2 aromatic carbocycles. The standard InChI is InChI=1S/C21H27N3O2/c25-21(23-11-4-14-24-15-12-22-13-16-24)19-9-7-18(8-10-19)17-26-20-5-2-1-3-6-20/h1-3,5-10,22H,4,11-17H2,(H,23,25). The van der Waals surface area contributed by atoms with E-state index >= 15 is 0 Å². The fraction of sp³-hybridized carbons (Fsp3) is 0.381. The molecule has 0 bridgehead atoms. The number of rotatable bonds is 8. The highest BCUT2D eigenvalue weighted by Gasteiger charge is 2.09. The molecule has 3 rings (SSSR count). The maximum absolute atomic E-state index is 12.2. The Balaban J connectivity index is 1.37. The predicted molar refractivity (Wildman–Crippen MR) is 103 cm³/mol. The van der Waals surface area contributed by atoms with Crippen LogP contribution in [0.3, 0.4) is 0 Å². The first-order valence-electron chi connectivity index (χ1n) is 9.29. The lowest BCUT2D eigenvalue weighted by Gasteiger charge is -2.27. The molecule has 26 heavy (non-hydrogen) atoms. The summed E-state index contributed by atoms with van der Waals surface area (Å²) >= 11 is 0. The molecular weight excluding hydrogens is 326 g/mol. The highest BCUT2D eigenvalue weighted by atomic mass is 16.5. The molecule has 138 valence electrons. The molecule has 0 unspecified atom stereocenters. The molecule has 1 aliphatic rings. The molecule has 0 spiro atoms. The number of benzene rings is 2. The van der Waals surface area contributed by atoms with Gasteiger partial charge in [-0.15, -0.1) is 0 Å². The summed E-state index contributed by atoms with van der Waals surface area (Å²) < 4.78 is 5.72. The Hall–Kier alpha value is -2.37. The number of amides is 1. The molecule has 0 radical (unpaired) electrons. The summed E-state index contributed by atoms with van der Waals surface area (Å²) in [5, 5.41) is 6.35. The Labute approximate surface area is 155 Å². The van der Waals surface area contributed by atoms with Crippen molar-refractivity contribution >= 4 is 5.91 Å². The van der Waals surface area contributed by atoms with E-state index in [1.807, 2.05) is 54.6 Å². The van der Waals surface area contributed by atoms with Gasteiger partial charge in [-0.2, -0.15) is 0 Å². The summed E-state index contributed by atoms with van der Waals surface area (Å²) in [5.74, 6) is 0.833. The zero-order valence-electron chi connectivity index (χ0n) is 15.1. The van der Waals surface area contributed by atoms with Gasteiger partial charge in [-0.05, 0) is 42.8 Å². The Morgan fingerprint density at radius 1 is 1.04 bits per heavy atom. The molecule has 2 aromatic rings. The van der Waals surface area contributed by atoms with Crippen LogP contribution in [0.25, 0.3) is 0 Å². The maximum atomic E-state index is 12.2. The number of para-hydroxylation sites is 1. The second-order valence-corrected chi connectivity index (χ2v) is 6.50. The van der Waals surface area contributed by atoms with E-state index in [1.165, 1.54) is 0 Å². The number of carbonyl (C=O) groups excluding carboxylic acids is 1. The lowest BCUT2D eigenvalue weighted by Crippen LogP contribution is -2.44. The molecule has 0 saturated carbocycles. The van der Waals surface area contributed by atoms with E-state index in [0.717, 1.165) is 50.5 Å². The van der Waals surface area contributed by atoms with Crippen LogP contribution in [0.4, 0.5) is 0 Å². The summed E-state index contributed by atoms with van der Waals surface area (Å²) in [4.78, 5) is 14.7. The normalized spacial score (nSPS) is 14.8. The van der Waals surface area contributed by atoms with Crippen LogP contribution >= 0.6 is 0 Å². The Bertz CT molecular complexity index is 667. The zero-order valence-corrected chi connectivity index (χ0v) is 15.1. The van der Waals surface area contributed by atoms with Crippen molar-refractivity contribution in [3.05, 3.63) is 65.7 Å². The Morgan fingerprint density at radius 3 is 2.50 bits per heavy atom. The van der Waals surface area contributed by atoms with Crippen molar-refractivity contribution in [2.24, 2.45) is 0 Å². The third-order valence-corrected chi connectivity index (χ3v) is 4.51. The van der Waals surface area contributed by atoms with Crippen LogP contribution < -0.4 is 15.4 Å². The van der Waals surface area contributed by atoms with Crippen molar-refractivity contribution in [3.63, 3.8) is 0 Å². The molecule has 5 nitrogen and oxygen atoms in total. The molecular formula is C21H27N3O2. The third kappa shape index (κ3) is 5.86. The molecule has 1 heterocycles. The average molecular weight is 353 g/mol. The number of ether oxygens (including phenoxy) is 1. The quantitative estimate of drug-likeness (QED) is 0.715. The number of piperazine rings is 1. The topological polar surface area (TPSA) is 53.6 Å². The van der Waals surface area contributed by atoms with Crippen LogP contribution in [-0.2, 0) is 6.61 Å². The number of nitrogens with one attached hydrogen (secondary N) is 2. The van der Waals surface area contributed by atoms with Gasteiger partial charge in [-0.25, -0.2) is 0 Å². The maximum Gasteiger partial charge on any atom is 0.251 e. The molecule has 0 atom stereocenters. The van der Waals surface area contributed by atoms with Gasteiger partial charge in [-0.1, -0.05) is 30.3 Å². The van der Waals surface area contributed by atoms with E-state index in [-0.39, 0.29) is 5.91 Å². The van der Waals surface area contributed by atoms with Crippen LogP contribution in [-0.4, -0.2) is 50.1 Å². The van der Waals surface area contributed by atoms with Gasteiger partial charge < -0.3 is 20.3 Å². The van der Waals surface area contributed by atoms with Gasteiger partial charge in [0.05, 0.1) is 0 Å². The molecule has 1 fully saturated rings. The van der Waals surface area contributed by atoms with E-state index < -0.39 is 0 Å². The number of nitrogens with zero attached hydrogens (tertiary/aromatic N) is 1. The first kappa shape index (κ1) is 18.4. The number of hydrogen-bond acceptors (Lipinski definition) is 4. The molecule has 1 amide bonds. The van der Waals surface area contributed by atoms with Gasteiger partial charge in [0.15, 0.2) is 0 Å². The highest BCUT2D eigenvalue weighted by molar-refractivity contribution is 5.94. The van der Waals surface area contributed by atoms with Crippen LogP contribution in [0.15, 0.2) is 54.6 Å². The van der Waals surface area contributed by atoms with E-state index in [1.54, 1.807) is 0 Å². The monoisotopic (exact) mass is 353 g/mol. The van der Waals surface area contributed by atoms with Crippen LogP contribution in [0.1, 0.15) is 22.3 Å². The molecule has 1 saturated heterocycles. The van der Waals surface area contributed by atoms with Crippen molar-refractivity contribution in [2.75, 3.05) is 39.3 Å². The smallest absolute Gasteiger partial charge is 0.251 e. The van der Waals surface area contributed by atoms with Gasteiger partial charge in [0.2, 0.25) is 0 Å². The Kier molecular flexibility index (Phi) is 7.05. The zero-order chi connectivity index (χ0) is 18.0. The van der Waals surface area contributed by atoms with Crippen molar-refractivity contribution in [2.45, 2.75) is 13.0 Å². The fourth-order valence-electron chi connectivity index (χ4n) is 2.98. The van der Waals surface area contributed by atoms with Gasteiger partial charge >= 0.3 is 0 Å². The summed E-state index contributed by atoms with van der Waals surface area (Å²) in [5.41, 5.74) is 1.74. The SMILES string of the molecule is O=C(NCCCN1CCNCC1)c1ccc(COc2ccccc2)cc1. The van der Waals surface area contributed by atoms with E-state index in [0.29, 0.717) is 18.7 Å². The molecule has 0 aromatic heterocycles. The number of hydrogen-bond donors (Lipinski definition) is 2. The molecule has 0 aliphatic carbocycles. The average Bonchev–Trinajstić information content (AvgIpc) is 2.71. The summed E-state index contributed by atoms with van der Waals surface area (Å²) in [6, 6.07) is 17.3. The van der Waals surface area contributed by atoms with Gasteiger partial charge in [-0.3, -0.25) is 4.79 Å². The predicted octanol–water partition coefficient (Wildman–Crippen LogP) is 2.29. The van der Waals surface area contributed by atoms with Crippen molar-refractivity contribution in [1.82, 2.24) is 15.5 Å².